The van der Waals surface area contributed by atoms with Crippen molar-refractivity contribution in [2.45, 2.75) is 0 Å². The number of pyridine rings is 1. The largest absolute Gasteiger partial charge is 0.456 e. The minimum Gasteiger partial charge on any atom is -0.456 e. The first-order valence-electron chi connectivity index (χ1n) is 6.27. The van der Waals surface area contributed by atoms with Gasteiger partial charge in [-0.1, -0.05) is 24.4 Å². The van der Waals surface area contributed by atoms with Gasteiger partial charge in [0.05, 0.1) is 11.1 Å². The number of fused-ring (bicyclic) bond motifs is 1. The number of rotatable bonds is 3. The molecule has 0 unspecified atom stereocenters. The van der Waals surface area contributed by atoms with E-state index in [-0.39, 0.29) is 4.99 Å². The van der Waals surface area contributed by atoms with Gasteiger partial charge in [0.2, 0.25) is 0 Å². The molecule has 21 heavy (non-hydrogen) atoms. The molecule has 1 aromatic heterocycles. The third-order valence-electron chi connectivity index (χ3n) is 3.05. The lowest BCUT2D eigenvalue weighted by molar-refractivity contribution is 0.487. The first-order chi connectivity index (χ1) is 10.2. The van der Waals surface area contributed by atoms with Crippen LogP contribution in [-0.2, 0) is 0 Å². The average molecular weight is 359 g/mol. The van der Waals surface area contributed by atoms with Crippen molar-refractivity contribution in [2.75, 3.05) is 0 Å². The number of nitrogens with two attached hydrogens (primary N) is 1. The van der Waals surface area contributed by atoms with Gasteiger partial charge in [0.25, 0.3) is 0 Å². The monoisotopic (exact) mass is 358 g/mol. The van der Waals surface area contributed by atoms with E-state index in [0.29, 0.717) is 11.3 Å². The van der Waals surface area contributed by atoms with Crippen LogP contribution in [0.15, 0.2) is 59.2 Å². The highest BCUT2D eigenvalue weighted by Crippen LogP contribution is 2.33. The Morgan fingerprint density at radius 2 is 1.81 bits per heavy atom. The van der Waals surface area contributed by atoms with Crippen LogP contribution >= 0.6 is 28.1 Å². The molecule has 3 nitrogen and oxygen atoms in total. The second-order valence-electron chi connectivity index (χ2n) is 4.41. The van der Waals surface area contributed by atoms with Crippen molar-refractivity contribution >= 4 is 44.0 Å². The summed E-state index contributed by atoms with van der Waals surface area (Å²) in [6.45, 7) is 0. The van der Waals surface area contributed by atoms with E-state index < -0.39 is 0 Å². The van der Waals surface area contributed by atoms with E-state index in [9.17, 15) is 0 Å². The molecule has 0 aliphatic carbocycles. The molecular formula is C16H11BrN2OS. The minimum atomic E-state index is 0.288. The molecular weight excluding hydrogens is 348 g/mol. The number of halogens is 1. The van der Waals surface area contributed by atoms with Gasteiger partial charge in [-0.05, 0) is 52.3 Å². The fourth-order valence-electron chi connectivity index (χ4n) is 2.11. The molecule has 0 radical (unpaired) electrons. The number of hydrogen-bond acceptors (Lipinski definition) is 3. The quantitative estimate of drug-likeness (QED) is 0.703. The average Bonchev–Trinajstić information content (AvgIpc) is 2.47. The van der Waals surface area contributed by atoms with Gasteiger partial charge in [0.1, 0.15) is 16.5 Å². The first kappa shape index (κ1) is 14.0. The second kappa shape index (κ2) is 5.79. The molecule has 2 aromatic carbocycles. The Bertz CT molecular complexity index is 830. The van der Waals surface area contributed by atoms with E-state index in [0.717, 1.165) is 21.1 Å². The normalized spacial score (nSPS) is 10.5. The van der Waals surface area contributed by atoms with Crippen molar-refractivity contribution in [3.05, 3.63) is 64.8 Å². The maximum atomic E-state index is 6.03. The van der Waals surface area contributed by atoms with Gasteiger partial charge in [-0.15, -0.1) is 0 Å². The van der Waals surface area contributed by atoms with Gasteiger partial charge in [-0.3, -0.25) is 4.98 Å². The standard InChI is InChI=1S/C16H11BrN2OS/c17-11-5-1-8-14(15(11)16(18)21)20-13-7-2-6-12-10(13)4-3-9-19-12/h1-9H,(H2,18,21). The number of thiocarbonyl (C=S) groups is 1. The third kappa shape index (κ3) is 2.75. The predicted molar refractivity (Wildman–Crippen MR) is 91.8 cm³/mol. The van der Waals surface area contributed by atoms with Crippen LogP contribution in [0, 0.1) is 0 Å². The molecule has 0 aliphatic rings. The summed E-state index contributed by atoms with van der Waals surface area (Å²) in [5.74, 6) is 1.34. The fraction of sp³-hybridized carbons (Fsp3) is 0. The van der Waals surface area contributed by atoms with Gasteiger partial charge >= 0.3 is 0 Å². The zero-order valence-electron chi connectivity index (χ0n) is 10.9. The minimum absolute atomic E-state index is 0.288. The van der Waals surface area contributed by atoms with Crippen molar-refractivity contribution in [3.63, 3.8) is 0 Å². The third-order valence-corrected chi connectivity index (χ3v) is 3.91. The van der Waals surface area contributed by atoms with Gasteiger partial charge in [-0.2, -0.15) is 0 Å². The smallest absolute Gasteiger partial charge is 0.138 e. The molecule has 3 rings (SSSR count). The molecule has 104 valence electrons. The van der Waals surface area contributed by atoms with Gasteiger partial charge in [-0.25, -0.2) is 0 Å². The number of hydrogen-bond donors (Lipinski definition) is 1. The summed E-state index contributed by atoms with van der Waals surface area (Å²) < 4.78 is 6.84. The summed E-state index contributed by atoms with van der Waals surface area (Å²) in [7, 11) is 0. The predicted octanol–water partition coefficient (Wildman–Crippen LogP) is 4.42. The lowest BCUT2D eigenvalue weighted by Gasteiger charge is -2.13. The molecule has 0 amide bonds. The molecule has 1 heterocycles. The van der Waals surface area contributed by atoms with Crippen molar-refractivity contribution < 1.29 is 4.74 Å². The first-order valence-corrected chi connectivity index (χ1v) is 7.47. The van der Waals surface area contributed by atoms with E-state index in [2.05, 4.69) is 20.9 Å². The Kier molecular flexibility index (Phi) is 3.86. The van der Waals surface area contributed by atoms with Crippen LogP contribution in [0.2, 0.25) is 0 Å². The highest BCUT2D eigenvalue weighted by atomic mass is 79.9. The van der Waals surface area contributed by atoms with Crippen LogP contribution in [-0.4, -0.2) is 9.97 Å². The van der Waals surface area contributed by atoms with E-state index in [4.69, 9.17) is 22.7 Å². The Hall–Kier alpha value is -1.98. The summed E-state index contributed by atoms with van der Waals surface area (Å²) >= 11 is 8.56. The zero-order chi connectivity index (χ0) is 14.8. The van der Waals surface area contributed by atoms with E-state index in [1.165, 1.54) is 0 Å². The zero-order valence-corrected chi connectivity index (χ0v) is 13.3. The molecule has 3 aromatic rings. The molecule has 5 heteroatoms. The Morgan fingerprint density at radius 3 is 2.62 bits per heavy atom. The van der Waals surface area contributed by atoms with E-state index in [1.807, 2.05) is 48.5 Å². The van der Waals surface area contributed by atoms with Crippen LogP contribution in [0.1, 0.15) is 5.56 Å². The van der Waals surface area contributed by atoms with Crippen LogP contribution in [0.25, 0.3) is 10.9 Å². The van der Waals surface area contributed by atoms with Crippen molar-refractivity contribution in [2.24, 2.45) is 5.73 Å². The Labute approximate surface area is 135 Å². The van der Waals surface area contributed by atoms with Crippen molar-refractivity contribution in [1.29, 1.82) is 0 Å². The Morgan fingerprint density at radius 1 is 1.05 bits per heavy atom. The van der Waals surface area contributed by atoms with Crippen LogP contribution in [0.5, 0.6) is 11.5 Å². The summed E-state index contributed by atoms with van der Waals surface area (Å²) in [5.41, 5.74) is 7.36. The number of benzene rings is 2. The van der Waals surface area contributed by atoms with Crippen LogP contribution < -0.4 is 10.5 Å². The molecule has 0 atom stereocenters. The van der Waals surface area contributed by atoms with E-state index >= 15 is 0 Å². The molecule has 0 spiro atoms. The van der Waals surface area contributed by atoms with Gasteiger partial charge in [0, 0.05) is 16.1 Å². The highest BCUT2D eigenvalue weighted by molar-refractivity contribution is 9.10. The van der Waals surface area contributed by atoms with Gasteiger partial charge in [0.15, 0.2) is 0 Å². The fourth-order valence-corrected chi connectivity index (χ4v) is 3.01. The number of aromatic nitrogens is 1. The van der Waals surface area contributed by atoms with Crippen molar-refractivity contribution in [3.8, 4) is 11.5 Å². The Balaban J connectivity index is 2.12. The van der Waals surface area contributed by atoms with Crippen LogP contribution in [0.4, 0.5) is 0 Å². The summed E-state index contributed by atoms with van der Waals surface area (Å²) in [6, 6.07) is 15.2. The molecule has 0 saturated heterocycles. The summed E-state index contributed by atoms with van der Waals surface area (Å²) in [6.07, 6.45) is 1.76. The SMILES string of the molecule is NC(=S)c1c(Br)cccc1Oc1cccc2ncccc12. The van der Waals surface area contributed by atoms with Gasteiger partial charge < -0.3 is 10.5 Å². The van der Waals surface area contributed by atoms with Crippen LogP contribution in [0.3, 0.4) is 0 Å². The molecule has 0 fully saturated rings. The topological polar surface area (TPSA) is 48.1 Å². The molecule has 0 aliphatic heterocycles. The maximum absolute atomic E-state index is 6.03. The van der Waals surface area contributed by atoms with E-state index in [1.54, 1.807) is 6.20 Å². The number of nitrogens with zero attached hydrogens (tertiary/aromatic N) is 1. The summed E-state index contributed by atoms with van der Waals surface area (Å²) in [4.78, 5) is 4.61. The lowest BCUT2D eigenvalue weighted by Crippen LogP contribution is -2.11. The second-order valence-corrected chi connectivity index (χ2v) is 5.70. The maximum Gasteiger partial charge on any atom is 0.138 e. The lowest BCUT2D eigenvalue weighted by atomic mass is 10.2. The molecule has 0 bridgehead atoms. The van der Waals surface area contributed by atoms with Crippen molar-refractivity contribution in [1.82, 2.24) is 4.98 Å². The number of ether oxygens (including phenoxy) is 1. The molecule has 0 saturated carbocycles. The highest BCUT2D eigenvalue weighted by Gasteiger charge is 2.12. The molecule has 2 N–H and O–H groups in total. The summed E-state index contributed by atoms with van der Waals surface area (Å²) in [5, 5.41) is 0.939.